The zero-order valence-electron chi connectivity index (χ0n) is 15.5. The van der Waals surface area contributed by atoms with Crippen LogP contribution in [-0.4, -0.2) is 35.5 Å². The molecule has 1 saturated heterocycles. The number of rotatable bonds is 4. The van der Waals surface area contributed by atoms with Crippen molar-refractivity contribution in [3.63, 3.8) is 0 Å². The van der Waals surface area contributed by atoms with E-state index >= 15 is 0 Å². The summed E-state index contributed by atoms with van der Waals surface area (Å²) in [6.07, 6.45) is 1.41. The molecule has 1 aliphatic heterocycles. The monoisotopic (exact) mass is 400 g/mol. The van der Waals surface area contributed by atoms with E-state index in [-0.39, 0.29) is 23.2 Å². The number of piperidine rings is 1. The summed E-state index contributed by atoms with van der Waals surface area (Å²) in [5.74, 6) is 0.205. The van der Waals surface area contributed by atoms with E-state index in [9.17, 15) is 14.0 Å². The van der Waals surface area contributed by atoms with Crippen LogP contribution in [-0.2, 0) is 4.79 Å². The van der Waals surface area contributed by atoms with Gasteiger partial charge in [-0.25, -0.2) is 9.37 Å². The van der Waals surface area contributed by atoms with Crippen molar-refractivity contribution in [1.82, 2.24) is 15.3 Å². The highest BCUT2D eigenvalue weighted by Crippen LogP contribution is 2.33. The summed E-state index contributed by atoms with van der Waals surface area (Å²) in [5, 5.41) is 4.64. The van der Waals surface area contributed by atoms with E-state index < -0.39 is 0 Å². The number of aromatic nitrogens is 2. The van der Waals surface area contributed by atoms with Gasteiger partial charge in [0.05, 0.1) is 5.52 Å². The van der Waals surface area contributed by atoms with E-state index in [1.54, 1.807) is 23.6 Å². The second-order valence-electron chi connectivity index (χ2n) is 6.85. The summed E-state index contributed by atoms with van der Waals surface area (Å²) >= 11 is 1.26. The van der Waals surface area contributed by atoms with E-state index in [1.807, 2.05) is 11.8 Å². The van der Waals surface area contributed by atoms with Gasteiger partial charge < -0.3 is 10.2 Å². The van der Waals surface area contributed by atoms with Crippen LogP contribution in [0.1, 0.15) is 19.8 Å². The zero-order valence-corrected chi connectivity index (χ0v) is 16.3. The molecule has 1 aliphatic rings. The number of anilines is 1. The minimum atomic E-state index is -0.339. The lowest BCUT2D eigenvalue weighted by molar-refractivity contribution is -0.125. The summed E-state index contributed by atoms with van der Waals surface area (Å²) in [5.41, 5.74) is 1.36. The highest BCUT2D eigenvalue weighted by Gasteiger charge is 2.26. The van der Waals surface area contributed by atoms with Gasteiger partial charge in [-0.05, 0) is 25.8 Å². The molecule has 3 heterocycles. The third-order valence-corrected chi connectivity index (χ3v) is 6.06. The average Bonchev–Trinajstić information content (AvgIpc) is 3.13. The Morgan fingerprint density at radius 1 is 1.32 bits per heavy atom. The molecule has 146 valence electrons. The molecule has 1 aromatic carbocycles. The van der Waals surface area contributed by atoms with Gasteiger partial charge in [-0.2, -0.15) is 0 Å². The molecule has 3 aromatic rings. The van der Waals surface area contributed by atoms with E-state index in [0.29, 0.717) is 59.8 Å². The molecule has 1 fully saturated rings. The number of nitrogens with one attached hydrogen (secondary N) is 2. The van der Waals surface area contributed by atoms with Gasteiger partial charge in [0.15, 0.2) is 0 Å². The van der Waals surface area contributed by atoms with E-state index in [1.165, 1.54) is 17.4 Å². The molecule has 0 spiro atoms. The molecule has 28 heavy (non-hydrogen) atoms. The summed E-state index contributed by atoms with van der Waals surface area (Å²) in [4.78, 5) is 34.1. The molecule has 0 aliphatic carbocycles. The van der Waals surface area contributed by atoms with Crippen LogP contribution in [0.3, 0.4) is 0 Å². The molecule has 4 rings (SSSR count). The van der Waals surface area contributed by atoms with Gasteiger partial charge in [-0.15, -0.1) is 11.3 Å². The SMILES string of the molecule is CCNC(=O)C1CCN(c2nc3c(-c4ccccc4F)csc3c(=O)[nH]2)CC1. The minimum Gasteiger partial charge on any atom is -0.356 e. The highest BCUT2D eigenvalue weighted by atomic mass is 32.1. The number of amides is 1. The maximum Gasteiger partial charge on any atom is 0.270 e. The Labute approximate surface area is 165 Å². The Balaban J connectivity index is 1.65. The van der Waals surface area contributed by atoms with Crippen molar-refractivity contribution < 1.29 is 9.18 Å². The number of hydrogen-bond donors (Lipinski definition) is 2. The lowest BCUT2D eigenvalue weighted by atomic mass is 9.96. The predicted molar refractivity (Wildman–Crippen MR) is 109 cm³/mol. The van der Waals surface area contributed by atoms with Crippen molar-refractivity contribution in [2.75, 3.05) is 24.5 Å². The molecule has 1 amide bonds. The number of hydrogen-bond acceptors (Lipinski definition) is 5. The van der Waals surface area contributed by atoms with Crippen LogP contribution in [0, 0.1) is 11.7 Å². The van der Waals surface area contributed by atoms with Crippen molar-refractivity contribution in [3.8, 4) is 11.1 Å². The predicted octanol–water partition coefficient (Wildman–Crippen LogP) is 3.14. The molecular formula is C20H21FN4O2S. The number of benzene rings is 1. The molecule has 0 unspecified atom stereocenters. The Bertz CT molecular complexity index is 1070. The topological polar surface area (TPSA) is 78.1 Å². The van der Waals surface area contributed by atoms with Crippen LogP contribution in [0.15, 0.2) is 34.4 Å². The highest BCUT2D eigenvalue weighted by molar-refractivity contribution is 7.17. The Hall–Kier alpha value is -2.74. The van der Waals surface area contributed by atoms with Crippen LogP contribution in [0.25, 0.3) is 21.3 Å². The normalized spacial score (nSPS) is 15.1. The summed E-state index contributed by atoms with van der Waals surface area (Å²) in [7, 11) is 0. The van der Waals surface area contributed by atoms with Gasteiger partial charge in [-0.3, -0.25) is 14.6 Å². The number of aromatic amines is 1. The summed E-state index contributed by atoms with van der Waals surface area (Å²) < 4.78 is 14.7. The standard InChI is InChI=1S/C20H21FN4O2S/c1-2-22-18(26)12-7-9-25(10-8-12)20-23-16-14(11-28-17(16)19(27)24-20)13-5-3-4-6-15(13)21/h3-6,11-12H,2,7-10H2,1H3,(H,22,26)(H,23,24,27). The van der Waals surface area contributed by atoms with Crippen LogP contribution in [0.2, 0.25) is 0 Å². The van der Waals surface area contributed by atoms with Crippen LogP contribution in [0.5, 0.6) is 0 Å². The molecule has 0 saturated carbocycles. The summed E-state index contributed by atoms with van der Waals surface area (Å²) in [6, 6.07) is 6.50. The minimum absolute atomic E-state index is 0.0122. The average molecular weight is 400 g/mol. The second-order valence-corrected chi connectivity index (χ2v) is 7.73. The molecule has 8 heteroatoms. The largest absolute Gasteiger partial charge is 0.356 e. The van der Waals surface area contributed by atoms with Crippen LogP contribution >= 0.6 is 11.3 Å². The third-order valence-electron chi connectivity index (χ3n) is 5.09. The van der Waals surface area contributed by atoms with E-state index in [4.69, 9.17) is 0 Å². The molecular weight excluding hydrogens is 379 g/mol. The number of carbonyl (C=O) groups is 1. The van der Waals surface area contributed by atoms with Crippen LogP contribution in [0.4, 0.5) is 10.3 Å². The van der Waals surface area contributed by atoms with Crippen molar-refractivity contribution in [1.29, 1.82) is 0 Å². The molecule has 6 nitrogen and oxygen atoms in total. The Morgan fingerprint density at radius 2 is 2.07 bits per heavy atom. The first-order valence-corrected chi connectivity index (χ1v) is 10.3. The van der Waals surface area contributed by atoms with Gasteiger partial charge in [0.25, 0.3) is 5.56 Å². The number of nitrogens with zero attached hydrogens (tertiary/aromatic N) is 2. The van der Waals surface area contributed by atoms with Gasteiger partial charge in [-0.1, -0.05) is 18.2 Å². The van der Waals surface area contributed by atoms with Crippen molar-refractivity contribution >= 4 is 33.4 Å². The maximum atomic E-state index is 14.3. The molecule has 2 N–H and O–H groups in total. The van der Waals surface area contributed by atoms with Crippen LogP contribution < -0.4 is 15.8 Å². The number of H-pyrrole nitrogens is 1. The first kappa shape index (κ1) is 18.6. The number of halogens is 1. The Kier molecular flexibility index (Phi) is 5.13. The van der Waals surface area contributed by atoms with Gasteiger partial charge in [0.1, 0.15) is 10.5 Å². The second kappa shape index (κ2) is 7.71. The third kappa shape index (κ3) is 3.40. The smallest absolute Gasteiger partial charge is 0.270 e. The zero-order chi connectivity index (χ0) is 19.7. The first-order chi connectivity index (χ1) is 13.6. The molecule has 0 radical (unpaired) electrons. The molecule has 0 bridgehead atoms. The van der Waals surface area contributed by atoms with Crippen molar-refractivity contribution in [2.45, 2.75) is 19.8 Å². The molecule has 0 atom stereocenters. The van der Waals surface area contributed by atoms with Crippen molar-refractivity contribution in [3.05, 3.63) is 45.8 Å². The lowest BCUT2D eigenvalue weighted by Gasteiger charge is -2.31. The van der Waals surface area contributed by atoms with E-state index in [0.717, 1.165) is 0 Å². The fourth-order valence-corrected chi connectivity index (χ4v) is 4.51. The fourth-order valence-electron chi connectivity index (χ4n) is 3.61. The number of fused-ring (bicyclic) bond motifs is 1. The lowest BCUT2D eigenvalue weighted by Crippen LogP contribution is -2.41. The fraction of sp³-hybridized carbons (Fsp3) is 0.350. The van der Waals surface area contributed by atoms with Gasteiger partial charge >= 0.3 is 0 Å². The molecule has 2 aromatic heterocycles. The number of carbonyl (C=O) groups excluding carboxylic acids is 1. The van der Waals surface area contributed by atoms with E-state index in [2.05, 4.69) is 15.3 Å². The maximum absolute atomic E-state index is 14.3. The van der Waals surface area contributed by atoms with Gasteiger partial charge in [0.2, 0.25) is 11.9 Å². The Morgan fingerprint density at radius 3 is 2.79 bits per heavy atom. The quantitative estimate of drug-likeness (QED) is 0.705. The first-order valence-electron chi connectivity index (χ1n) is 9.37. The summed E-state index contributed by atoms with van der Waals surface area (Å²) in [6.45, 7) is 3.80. The number of thiophene rings is 1. The van der Waals surface area contributed by atoms with Crippen molar-refractivity contribution in [2.24, 2.45) is 5.92 Å². The van der Waals surface area contributed by atoms with Gasteiger partial charge in [0, 0.05) is 42.1 Å².